The lowest BCUT2D eigenvalue weighted by molar-refractivity contribution is 0.0697. The second-order valence-corrected chi connectivity index (χ2v) is 7.18. The molecule has 0 fully saturated rings. The van der Waals surface area contributed by atoms with E-state index in [9.17, 15) is 18.3 Å². The van der Waals surface area contributed by atoms with E-state index >= 15 is 0 Å². The Morgan fingerprint density at radius 1 is 1.36 bits per heavy atom. The average Bonchev–Trinajstić information content (AvgIpc) is 3.06. The van der Waals surface area contributed by atoms with Gasteiger partial charge < -0.3 is 19.6 Å². The minimum Gasteiger partial charge on any atom is -0.478 e. The minimum atomic E-state index is -3.87. The van der Waals surface area contributed by atoms with Crippen molar-refractivity contribution in [2.75, 3.05) is 19.0 Å². The summed E-state index contributed by atoms with van der Waals surface area (Å²) in [5.41, 5.74) is 0.186. The lowest BCUT2D eigenvalue weighted by atomic mass is 10.1. The number of benzene rings is 1. The standard InChI is InChI=1S/C16H20N2O6S/c1-11(10-23-2)18-15-6-5-13(8-14(15)16(19)20)25(21,22)17-9-12-4-3-7-24-12/h3-8,11,17-18H,9-10H2,1-2H3,(H,19,20)/t11-/m0/s1. The molecular formula is C16H20N2O6S. The van der Waals surface area contributed by atoms with E-state index in [2.05, 4.69) is 10.0 Å². The third kappa shape index (κ3) is 5.05. The molecule has 0 spiro atoms. The van der Waals surface area contributed by atoms with Crippen molar-refractivity contribution in [2.24, 2.45) is 0 Å². The molecule has 1 atom stereocenters. The van der Waals surface area contributed by atoms with Gasteiger partial charge in [0.15, 0.2) is 0 Å². The molecule has 0 saturated carbocycles. The van der Waals surface area contributed by atoms with Gasteiger partial charge in [-0.1, -0.05) is 0 Å². The normalized spacial score (nSPS) is 12.7. The van der Waals surface area contributed by atoms with Gasteiger partial charge in [0.1, 0.15) is 5.76 Å². The summed E-state index contributed by atoms with van der Waals surface area (Å²) in [6, 6.07) is 7.04. The molecule has 0 amide bonds. The summed E-state index contributed by atoms with van der Waals surface area (Å²) < 4.78 is 37.1. The summed E-state index contributed by atoms with van der Waals surface area (Å²) in [5.74, 6) is -0.774. The number of ether oxygens (including phenoxy) is 1. The van der Waals surface area contributed by atoms with E-state index in [4.69, 9.17) is 9.15 Å². The zero-order chi connectivity index (χ0) is 18.4. The number of carboxylic acids is 1. The molecule has 1 heterocycles. The molecule has 0 radical (unpaired) electrons. The number of sulfonamides is 1. The van der Waals surface area contributed by atoms with Gasteiger partial charge in [-0.15, -0.1) is 0 Å². The Morgan fingerprint density at radius 2 is 2.12 bits per heavy atom. The first kappa shape index (κ1) is 19.0. The summed E-state index contributed by atoms with van der Waals surface area (Å²) in [5, 5.41) is 12.4. The molecular weight excluding hydrogens is 348 g/mol. The largest absolute Gasteiger partial charge is 0.478 e. The van der Waals surface area contributed by atoms with Crippen molar-refractivity contribution in [1.82, 2.24) is 4.72 Å². The Balaban J connectivity index is 2.23. The summed E-state index contributed by atoms with van der Waals surface area (Å²) >= 11 is 0. The molecule has 0 aliphatic rings. The fraction of sp³-hybridized carbons (Fsp3) is 0.312. The van der Waals surface area contributed by atoms with Crippen LogP contribution in [0.5, 0.6) is 0 Å². The van der Waals surface area contributed by atoms with Crippen molar-refractivity contribution in [3.63, 3.8) is 0 Å². The number of rotatable bonds is 9. The quantitative estimate of drug-likeness (QED) is 0.619. The Bertz CT molecular complexity index is 817. The topological polar surface area (TPSA) is 118 Å². The Labute approximate surface area is 145 Å². The molecule has 1 aromatic heterocycles. The number of hydrogen-bond acceptors (Lipinski definition) is 6. The molecule has 0 aliphatic heterocycles. The van der Waals surface area contributed by atoms with Crippen LogP contribution in [0.4, 0.5) is 5.69 Å². The number of aromatic carboxylic acids is 1. The van der Waals surface area contributed by atoms with Crippen LogP contribution in [-0.4, -0.2) is 39.3 Å². The van der Waals surface area contributed by atoms with Crippen LogP contribution in [-0.2, 0) is 21.3 Å². The second-order valence-electron chi connectivity index (χ2n) is 5.42. The van der Waals surface area contributed by atoms with Gasteiger partial charge in [-0.3, -0.25) is 0 Å². The van der Waals surface area contributed by atoms with Crippen LogP contribution < -0.4 is 10.0 Å². The summed E-state index contributed by atoms with van der Waals surface area (Å²) in [4.78, 5) is 11.3. The smallest absolute Gasteiger partial charge is 0.337 e. The lowest BCUT2D eigenvalue weighted by Gasteiger charge is -2.17. The second kappa shape index (κ2) is 8.15. The number of carboxylic acid groups (broad SMARTS) is 1. The van der Waals surface area contributed by atoms with Gasteiger partial charge in [0.2, 0.25) is 10.0 Å². The van der Waals surface area contributed by atoms with E-state index in [1.165, 1.54) is 25.5 Å². The molecule has 0 unspecified atom stereocenters. The fourth-order valence-electron chi connectivity index (χ4n) is 2.21. The molecule has 25 heavy (non-hydrogen) atoms. The van der Waals surface area contributed by atoms with E-state index in [0.717, 1.165) is 6.07 Å². The Kier molecular flexibility index (Phi) is 6.18. The van der Waals surface area contributed by atoms with Crippen molar-refractivity contribution < 1.29 is 27.5 Å². The van der Waals surface area contributed by atoms with E-state index in [0.29, 0.717) is 18.1 Å². The molecule has 0 bridgehead atoms. The predicted octanol–water partition coefficient (Wildman–Crippen LogP) is 1.90. The number of anilines is 1. The summed E-state index contributed by atoms with van der Waals surface area (Å²) in [6.45, 7) is 2.18. The molecule has 2 rings (SSSR count). The summed E-state index contributed by atoms with van der Waals surface area (Å²) in [6.07, 6.45) is 1.44. The zero-order valence-corrected chi connectivity index (χ0v) is 14.7. The van der Waals surface area contributed by atoms with Crippen LogP contribution in [0.25, 0.3) is 0 Å². The van der Waals surface area contributed by atoms with E-state index < -0.39 is 16.0 Å². The molecule has 8 nitrogen and oxygen atoms in total. The van der Waals surface area contributed by atoms with Gasteiger partial charge in [-0.2, -0.15) is 0 Å². The first-order valence-corrected chi connectivity index (χ1v) is 8.96. The summed E-state index contributed by atoms with van der Waals surface area (Å²) in [7, 11) is -2.34. The Morgan fingerprint density at radius 3 is 2.72 bits per heavy atom. The van der Waals surface area contributed by atoms with Gasteiger partial charge in [0.05, 0.1) is 29.9 Å². The molecule has 1 aromatic carbocycles. The maximum atomic E-state index is 12.4. The van der Waals surface area contributed by atoms with Crippen LogP contribution in [0.15, 0.2) is 45.9 Å². The molecule has 9 heteroatoms. The van der Waals surface area contributed by atoms with E-state index in [-0.39, 0.29) is 23.0 Å². The first-order valence-electron chi connectivity index (χ1n) is 7.48. The SMILES string of the molecule is COC[C@H](C)Nc1ccc(S(=O)(=O)NCc2ccco2)cc1C(=O)O. The van der Waals surface area contributed by atoms with Crippen LogP contribution >= 0.6 is 0 Å². The van der Waals surface area contributed by atoms with Crippen molar-refractivity contribution in [2.45, 2.75) is 24.4 Å². The number of methoxy groups -OCH3 is 1. The first-order chi connectivity index (χ1) is 11.8. The van der Waals surface area contributed by atoms with Gasteiger partial charge in [0.25, 0.3) is 0 Å². The molecule has 0 aliphatic carbocycles. The minimum absolute atomic E-state index is 0.0252. The van der Waals surface area contributed by atoms with E-state index in [1.807, 2.05) is 6.92 Å². The highest BCUT2D eigenvalue weighted by Crippen LogP contribution is 2.22. The van der Waals surface area contributed by atoms with Crippen LogP contribution in [0.1, 0.15) is 23.0 Å². The van der Waals surface area contributed by atoms with E-state index in [1.54, 1.807) is 12.1 Å². The van der Waals surface area contributed by atoms with Crippen molar-refractivity contribution in [1.29, 1.82) is 0 Å². The number of furan rings is 1. The number of hydrogen-bond donors (Lipinski definition) is 3. The van der Waals surface area contributed by atoms with Crippen LogP contribution in [0.3, 0.4) is 0 Å². The highest BCUT2D eigenvalue weighted by molar-refractivity contribution is 7.89. The van der Waals surface area contributed by atoms with Crippen LogP contribution in [0, 0.1) is 0 Å². The monoisotopic (exact) mass is 368 g/mol. The molecule has 0 saturated heterocycles. The maximum Gasteiger partial charge on any atom is 0.337 e. The van der Waals surface area contributed by atoms with Gasteiger partial charge in [-0.25, -0.2) is 17.9 Å². The van der Waals surface area contributed by atoms with Crippen LogP contribution in [0.2, 0.25) is 0 Å². The third-order valence-electron chi connectivity index (χ3n) is 3.37. The average molecular weight is 368 g/mol. The number of nitrogens with one attached hydrogen (secondary N) is 2. The van der Waals surface area contributed by atoms with Gasteiger partial charge >= 0.3 is 5.97 Å². The molecule has 136 valence electrons. The van der Waals surface area contributed by atoms with Crippen molar-refractivity contribution >= 4 is 21.7 Å². The highest BCUT2D eigenvalue weighted by Gasteiger charge is 2.20. The molecule has 2 aromatic rings. The fourth-order valence-corrected chi connectivity index (χ4v) is 3.23. The lowest BCUT2D eigenvalue weighted by Crippen LogP contribution is -2.24. The van der Waals surface area contributed by atoms with Crippen molar-refractivity contribution in [3.05, 3.63) is 47.9 Å². The number of carbonyl (C=O) groups is 1. The Hall–Kier alpha value is -2.36. The van der Waals surface area contributed by atoms with Gasteiger partial charge in [-0.05, 0) is 37.3 Å². The maximum absolute atomic E-state index is 12.4. The highest BCUT2D eigenvalue weighted by atomic mass is 32.2. The third-order valence-corrected chi connectivity index (χ3v) is 4.77. The zero-order valence-electron chi connectivity index (χ0n) is 13.9. The molecule has 3 N–H and O–H groups in total. The predicted molar refractivity (Wildman–Crippen MR) is 91.1 cm³/mol. The van der Waals surface area contributed by atoms with Crippen molar-refractivity contribution in [3.8, 4) is 0 Å². The van der Waals surface area contributed by atoms with Gasteiger partial charge in [0, 0.05) is 18.8 Å².